The molecular formula is C11H8BrFN2O3S2. The molecule has 0 fully saturated rings. The van der Waals surface area contributed by atoms with E-state index in [1.807, 2.05) is 0 Å². The lowest BCUT2D eigenvalue weighted by Gasteiger charge is -2.07. The summed E-state index contributed by atoms with van der Waals surface area (Å²) < 4.78 is 36.7. The number of hydrogen-bond donors (Lipinski definition) is 2. The maximum absolute atomic E-state index is 13.6. The molecule has 2 aromatic rings. The summed E-state index contributed by atoms with van der Waals surface area (Å²) in [6.45, 7) is 0. The van der Waals surface area contributed by atoms with Gasteiger partial charge in [0.1, 0.15) is 5.82 Å². The number of anilines is 1. The second-order valence-corrected chi connectivity index (χ2v) is 7.63. The third-order valence-electron chi connectivity index (χ3n) is 2.34. The van der Waals surface area contributed by atoms with Crippen LogP contribution in [0.15, 0.2) is 38.3 Å². The highest BCUT2D eigenvalue weighted by molar-refractivity contribution is 9.11. The number of hydrogen-bond acceptors (Lipinski definition) is 4. The summed E-state index contributed by atoms with van der Waals surface area (Å²) in [4.78, 5) is 11.6. The first-order valence-electron chi connectivity index (χ1n) is 5.15. The first kappa shape index (κ1) is 15.1. The molecule has 0 aliphatic heterocycles. The Kier molecular flexibility index (Phi) is 4.23. The van der Waals surface area contributed by atoms with Crippen LogP contribution in [0.25, 0.3) is 0 Å². The van der Waals surface area contributed by atoms with E-state index in [2.05, 4.69) is 21.2 Å². The number of amides is 1. The molecule has 0 radical (unpaired) electrons. The Morgan fingerprint density at radius 3 is 2.60 bits per heavy atom. The van der Waals surface area contributed by atoms with E-state index in [4.69, 9.17) is 5.14 Å². The Bertz CT molecular complexity index is 774. The zero-order chi connectivity index (χ0) is 14.9. The zero-order valence-electron chi connectivity index (χ0n) is 9.76. The van der Waals surface area contributed by atoms with Gasteiger partial charge in [-0.3, -0.25) is 4.79 Å². The third kappa shape index (κ3) is 3.42. The van der Waals surface area contributed by atoms with E-state index in [9.17, 15) is 17.6 Å². The molecule has 9 heteroatoms. The van der Waals surface area contributed by atoms with Gasteiger partial charge in [-0.25, -0.2) is 17.9 Å². The van der Waals surface area contributed by atoms with Gasteiger partial charge in [0, 0.05) is 5.38 Å². The number of rotatable bonds is 3. The first-order chi connectivity index (χ1) is 9.27. The number of sulfonamides is 1. The van der Waals surface area contributed by atoms with Gasteiger partial charge >= 0.3 is 0 Å². The van der Waals surface area contributed by atoms with Crippen LogP contribution in [0.5, 0.6) is 0 Å². The van der Waals surface area contributed by atoms with Crippen LogP contribution in [0.2, 0.25) is 0 Å². The average Bonchev–Trinajstić information content (AvgIpc) is 2.77. The van der Waals surface area contributed by atoms with E-state index in [1.54, 1.807) is 11.4 Å². The maximum Gasteiger partial charge on any atom is 0.256 e. The smallest absolute Gasteiger partial charge is 0.256 e. The summed E-state index contributed by atoms with van der Waals surface area (Å²) in [5.74, 6) is -1.29. The topological polar surface area (TPSA) is 89.3 Å². The van der Waals surface area contributed by atoms with Crippen LogP contribution in [0.1, 0.15) is 10.4 Å². The van der Waals surface area contributed by atoms with Crippen LogP contribution in [0.3, 0.4) is 0 Å². The Labute approximate surface area is 126 Å². The van der Waals surface area contributed by atoms with Gasteiger partial charge in [-0.1, -0.05) is 0 Å². The van der Waals surface area contributed by atoms with Crippen LogP contribution < -0.4 is 10.5 Å². The van der Waals surface area contributed by atoms with E-state index in [0.29, 0.717) is 5.56 Å². The minimum absolute atomic E-state index is 0.246. The molecule has 0 atom stereocenters. The summed E-state index contributed by atoms with van der Waals surface area (Å²) in [6, 6.07) is 4.51. The number of carbonyl (C=O) groups excluding carboxylic acids is 1. The molecule has 0 aliphatic carbocycles. The maximum atomic E-state index is 13.6. The standard InChI is InChI=1S/C11H8BrFN2O3S2/c12-10-3-6(5-19-10)11(16)15-9-4-7(20(14,17)18)1-2-8(9)13/h1-5H,(H,15,16)(H2,14,17,18). The fraction of sp³-hybridized carbons (Fsp3) is 0. The van der Waals surface area contributed by atoms with Crippen LogP contribution >= 0.6 is 27.3 Å². The number of carbonyl (C=O) groups is 1. The number of nitrogens with one attached hydrogen (secondary N) is 1. The molecule has 0 unspecified atom stereocenters. The summed E-state index contributed by atoms with van der Waals surface area (Å²) in [5.41, 5.74) is 0.0890. The largest absolute Gasteiger partial charge is 0.319 e. The molecule has 0 saturated heterocycles. The van der Waals surface area contributed by atoms with Crippen molar-refractivity contribution in [3.8, 4) is 0 Å². The predicted octanol–water partition coefficient (Wildman–Crippen LogP) is 2.55. The van der Waals surface area contributed by atoms with Crippen molar-refractivity contribution >= 4 is 48.9 Å². The fourth-order valence-electron chi connectivity index (χ4n) is 1.40. The van der Waals surface area contributed by atoms with Crippen molar-refractivity contribution in [1.29, 1.82) is 0 Å². The molecule has 3 N–H and O–H groups in total. The molecule has 0 bridgehead atoms. The Hall–Kier alpha value is -1.29. The molecule has 0 spiro atoms. The number of thiophene rings is 1. The van der Waals surface area contributed by atoms with Gasteiger partial charge in [0.05, 0.1) is 19.9 Å². The number of nitrogens with two attached hydrogens (primary N) is 1. The quantitative estimate of drug-likeness (QED) is 0.859. The van der Waals surface area contributed by atoms with Crippen molar-refractivity contribution in [1.82, 2.24) is 0 Å². The highest BCUT2D eigenvalue weighted by Gasteiger charge is 2.15. The number of primary sulfonamides is 1. The fourth-order valence-corrected chi connectivity index (χ4v) is 3.08. The van der Waals surface area contributed by atoms with E-state index < -0.39 is 21.7 Å². The van der Waals surface area contributed by atoms with Crippen LogP contribution in [0.4, 0.5) is 10.1 Å². The van der Waals surface area contributed by atoms with E-state index >= 15 is 0 Å². The van der Waals surface area contributed by atoms with Crippen LogP contribution in [-0.4, -0.2) is 14.3 Å². The SMILES string of the molecule is NS(=O)(=O)c1ccc(F)c(NC(=O)c2csc(Br)c2)c1. The number of benzene rings is 1. The van der Waals surface area contributed by atoms with Gasteiger partial charge < -0.3 is 5.32 Å². The molecule has 20 heavy (non-hydrogen) atoms. The van der Waals surface area contributed by atoms with Gasteiger partial charge in [0.25, 0.3) is 5.91 Å². The van der Waals surface area contributed by atoms with Crippen LogP contribution in [0, 0.1) is 5.82 Å². The highest BCUT2D eigenvalue weighted by Crippen LogP contribution is 2.23. The Morgan fingerprint density at radius 2 is 2.05 bits per heavy atom. The van der Waals surface area contributed by atoms with E-state index in [0.717, 1.165) is 22.0 Å². The van der Waals surface area contributed by atoms with Crippen LogP contribution in [-0.2, 0) is 10.0 Å². The van der Waals surface area contributed by atoms with Crippen molar-refractivity contribution < 1.29 is 17.6 Å². The first-order valence-corrected chi connectivity index (χ1v) is 8.37. The summed E-state index contributed by atoms with van der Waals surface area (Å²) in [6.07, 6.45) is 0. The molecule has 2 rings (SSSR count). The third-order valence-corrected chi connectivity index (χ3v) is 4.76. The molecule has 106 valence electrons. The van der Waals surface area contributed by atoms with Gasteiger partial charge in [0.2, 0.25) is 10.0 Å². The molecule has 0 saturated carbocycles. The molecule has 1 aromatic carbocycles. The van der Waals surface area contributed by atoms with Crippen molar-refractivity contribution in [3.63, 3.8) is 0 Å². The normalized spacial score (nSPS) is 11.3. The van der Waals surface area contributed by atoms with Gasteiger partial charge in [-0.2, -0.15) is 0 Å². The Balaban J connectivity index is 2.31. The second-order valence-electron chi connectivity index (χ2n) is 3.78. The molecule has 1 aromatic heterocycles. The monoisotopic (exact) mass is 378 g/mol. The Morgan fingerprint density at radius 1 is 1.35 bits per heavy atom. The minimum atomic E-state index is -3.96. The molecule has 1 amide bonds. The summed E-state index contributed by atoms with van der Waals surface area (Å²) >= 11 is 4.51. The number of halogens is 2. The van der Waals surface area contributed by atoms with Gasteiger partial charge in [-0.05, 0) is 40.2 Å². The van der Waals surface area contributed by atoms with Crippen molar-refractivity contribution in [2.24, 2.45) is 5.14 Å². The second kappa shape index (κ2) is 5.60. The minimum Gasteiger partial charge on any atom is -0.319 e. The zero-order valence-corrected chi connectivity index (χ0v) is 13.0. The highest BCUT2D eigenvalue weighted by atomic mass is 79.9. The van der Waals surface area contributed by atoms with Gasteiger partial charge in [0.15, 0.2) is 0 Å². The van der Waals surface area contributed by atoms with Crippen molar-refractivity contribution in [2.75, 3.05) is 5.32 Å². The van der Waals surface area contributed by atoms with Crippen molar-refractivity contribution in [3.05, 3.63) is 44.8 Å². The average molecular weight is 379 g/mol. The van der Waals surface area contributed by atoms with E-state index in [-0.39, 0.29) is 10.6 Å². The summed E-state index contributed by atoms with van der Waals surface area (Å²) in [5, 5.41) is 8.84. The lowest BCUT2D eigenvalue weighted by Crippen LogP contribution is -2.15. The molecule has 0 aliphatic rings. The lowest BCUT2D eigenvalue weighted by atomic mass is 10.2. The van der Waals surface area contributed by atoms with E-state index in [1.165, 1.54) is 11.3 Å². The molecular weight excluding hydrogens is 371 g/mol. The molecule has 5 nitrogen and oxygen atoms in total. The van der Waals surface area contributed by atoms with Gasteiger partial charge in [-0.15, -0.1) is 11.3 Å². The van der Waals surface area contributed by atoms with Crippen molar-refractivity contribution in [2.45, 2.75) is 4.90 Å². The summed E-state index contributed by atoms with van der Waals surface area (Å²) in [7, 11) is -3.96. The predicted molar refractivity (Wildman–Crippen MR) is 77.7 cm³/mol. The lowest BCUT2D eigenvalue weighted by molar-refractivity contribution is 0.102. The molecule has 1 heterocycles.